The highest BCUT2D eigenvalue weighted by Crippen LogP contribution is 2.28. The van der Waals surface area contributed by atoms with Gasteiger partial charge in [0.25, 0.3) is 11.8 Å². The molecule has 1 saturated heterocycles. The van der Waals surface area contributed by atoms with Crippen LogP contribution < -0.4 is 5.32 Å². The van der Waals surface area contributed by atoms with Gasteiger partial charge in [0.15, 0.2) is 11.6 Å². The van der Waals surface area contributed by atoms with Crippen molar-refractivity contribution >= 4 is 11.8 Å². The molecule has 0 bridgehead atoms. The number of hydrogen-bond donors (Lipinski definition) is 2. The zero-order valence-electron chi connectivity index (χ0n) is 16.0. The maximum atomic E-state index is 13.4. The molecule has 0 aliphatic carbocycles. The number of nitrogens with one attached hydrogen (secondary N) is 2. The average molecular weight is 414 g/mol. The van der Waals surface area contributed by atoms with Crippen LogP contribution >= 0.6 is 0 Å². The first-order chi connectivity index (χ1) is 14.5. The number of carbonyl (C=O) groups excluding carboxylic acids is 2. The molecule has 1 aromatic carbocycles. The molecule has 2 aromatic heterocycles. The predicted octanol–water partition coefficient (Wildman–Crippen LogP) is 3.23. The van der Waals surface area contributed by atoms with Crippen molar-refractivity contribution in [2.75, 3.05) is 13.1 Å². The number of furan rings is 1. The Labute approximate surface area is 171 Å². The zero-order chi connectivity index (χ0) is 21.1. The molecule has 7 nitrogen and oxygen atoms in total. The fourth-order valence-corrected chi connectivity index (χ4v) is 3.54. The smallest absolute Gasteiger partial charge is 0.272 e. The highest BCUT2D eigenvalue weighted by atomic mass is 19.2. The Bertz CT molecular complexity index is 1040. The Morgan fingerprint density at radius 1 is 1.17 bits per heavy atom. The lowest BCUT2D eigenvalue weighted by molar-refractivity contribution is 0.0711. The van der Waals surface area contributed by atoms with Crippen LogP contribution in [0.15, 0.2) is 47.1 Å². The molecule has 2 N–H and O–H groups in total. The van der Waals surface area contributed by atoms with Crippen molar-refractivity contribution in [3.05, 3.63) is 77.0 Å². The minimum atomic E-state index is -1.04. The lowest BCUT2D eigenvalue weighted by Gasteiger charge is -2.31. The van der Waals surface area contributed by atoms with Crippen LogP contribution in [0.4, 0.5) is 8.78 Å². The Morgan fingerprint density at radius 2 is 1.97 bits per heavy atom. The molecule has 1 fully saturated rings. The quantitative estimate of drug-likeness (QED) is 0.671. The summed E-state index contributed by atoms with van der Waals surface area (Å²) in [6, 6.07) is 8.40. The summed E-state index contributed by atoms with van der Waals surface area (Å²) >= 11 is 0. The molecule has 3 aromatic rings. The second kappa shape index (κ2) is 8.48. The van der Waals surface area contributed by atoms with Gasteiger partial charge in [0.05, 0.1) is 12.8 Å². The molecule has 9 heteroatoms. The molecule has 0 atom stereocenters. The second-order valence-corrected chi connectivity index (χ2v) is 7.17. The van der Waals surface area contributed by atoms with Gasteiger partial charge in [-0.3, -0.25) is 14.7 Å². The van der Waals surface area contributed by atoms with Crippen molar-refractivity contribution in [2.24, 2.45) is 0 Å². The monoisotopic (exact) mass is 414 g/mol. The third-order valence-corrected chi connectivity index (χ3v) is 5.22. The molecule has 4 rings (SSSR count). The number of H-pyrrole nitrogens is 1. The molecule has 0 saturated carbocycles. The van der Waals surface area contributed by atoms with Crippen LogP contribution in [0.5, 0.6) is 0 Å². The summed E-state index contributed by atoms with van der Waals surface area (Å²) in [5, 5.41) is 9.74. The van der Waals surface area contributed by atoms with E-state index in [4.69, 9.17) is 4.42 Å². The van der Waals surface area contributed by atoms with Crippen LogP contribution in [-0.4, -0.2) is 40.0 Å². The SMILES string of the molecule is O=C(NCc1ccco1)c1cc(C2CCN(C(=O)c3ccc(F)c(F)c3)CC2)[nH]n1. The Kier molecular flexibility index (Phi) is 5.60. The Balaban J connectivity index is 1.32. The molecular weight excluding hydrogens is 394 g/mol. The fraction of sp³-hybridized carbons (Fsp3) is 0.286. The molecule has 30 heavy (non-hydrogen) atoms. The maximum absolute atomic E-state index is 13.4. The van der Waals surface area contributed by atoms with Crippen molar-refractivity contribution in [3.63, 3.8) is 0 Å². The van der Waals surface area contributed by atoms with E-state index >= 15 is 0 Å². The van der Waals surface area contributed by atoms with E-state index in [1.54, 1.807) is 23.1 Å². The lowest BCUT2D eigenvalue weighted by Crippen LogP contribution is -2.38. The van der Waals surface area contributed by atoms with Crippen LogP contribution in [0.3, 0.4) is 0 Å². The summed E-state index contributed by atoms with van der Waals surface area (Å²) in [6.07, 6.45) is 2.88. The maximum Gasteiger partial charge on any atom is 0.272 e. The first kappa shape index (κ1) is 19.8. The van der Waals surface area contributed by atoms with E-state index in [2.05, 4.69) is 15.5 Å². The van der Waals surface area contributed by atoms with Gasteiger partial charge in [0.1, 0.15) is 11.5 Å². The van der Waals surface area contributed by atoms with E-state index in [1.807, 2.05) is 0 Å². The predicted molar refractivity (Wildman–Crippen MR) is 103 cm³/mol. The van der Waals surface area contributed by atoms with E-state index < -0.39 is 11.6 Å². The van der Waals surface area contributed by atoms with E-state index in [0.717, 1.165) is 17.8 Å². The van der Waals surface area contributed by atoms with Crippen molar-refractivity contribution in [1.29, 1.82) is 0 Å². The summed E-state index contributed by atoms with van der Waals surface area (Å²) in [5.74, 6) is -1.87. The highest BCUT2D eigenvalue weighted by Gasteiger charge is 2.26. The van der Waals surface area contributed by atoms with Gasteiger partial charge in [-0.15, -0.1) is 0 Å². The van der Waals surface area contributed by atoms with Gasteiger partial charge in [-0.05, 0) is 49.2 Å². The van der Waals surface area contributed by atoms with Gasteiger partial charge in [0, 0.05) is 30.3 Å². The number of carbonyl (C=O) groups is 2. The molecule has 0 radical (unpaired) electrons. The van der Waals surface area contributed by atoms with Crippen molar-refractivity contribution < 1.29 is 22.8 Å². The number of nitrogens with zero attached hydrogens (tertiary/aromatic N) is 2. The van der Waals surface area contributed by atoms with Gasteiger partial charge >= 0.3 is 0 Å². The van der Waals surface area contributed by atoms with Gasteiger partial charge in [-0.1, -0.05) is 0 Å². The van der Waals surface area contributed by atoms with Crippen LogP contribution in [-0.2, 0) is 6.54 Å². The lowest BCUT2D eigenvalue weighted by atomic mass is 9.93. The second-order valence-electron chi connectivity index (χ2n) is 7.17. The van der Waals surface area contributed by atoms with E-state index in [1.165, 1.54) is 12.3 Å². The number of halogens is 2. The highest BCUT2D eigenvalue weighted by molar-refractivity contribution is 5.94. The summed E-state index contributed by atoms with van der Waals surface area (Å²) in [5.41, 5.74) is 1.25. The van der Waals surface area contributed by atoms with Crippen LogP contribution in [0.25, 0.3) is 0 Å². The molecule has 0 spiro atoms. The minimum absolute atomic E-state index is 0.123. The van der Waals surface area contributed by atoms with Crippen molar-refractivity contribution in [1.82, 2.24) is 20.4 Å². The van der Waals surface area contributed by atoms with E-state index in [-0.39, 0.29) is 35.5 Å². The third-order valence-electron chi connectivity index (χ3n) is 5.22. The molecule has 0 unspecified atom stereocenters. The number of amides is 2. The Morgan fingerprint density at radius 3 is 2.67 bits per heavy atom. The first-order valence-electron chi connectivity index (χ1n) is 9.61. The number of hydrogen-bond acceptors (Lipinski definition) is 4. The summed E-state index contributed by atoms with van der Waals surface area (Å²) in [6.45, 7) is 1.22. The fourth-order valence-electron chi connectivity index (χ4n) is 3.54. The number of benzene rings is 1. The number of likely N-dealkylation sites (tertiary alicyclic amines) is 1. The van der Waals surface area contributed by atoms with E-state index in [0.29, 0.717) is 31.7 Å². The standard InChI is InChI=1S/C21H20F2N4O3/c22-16-4-3-14(10-17(16)23)21(29)27-7-5-13(6-8-27)18-11-19(26-25-18)20(28)24-12-15-2-1-9-30-15/h1-4,9-11,13H,5-8,12H2,(H,24,28)(H,25,26). The average Bonchev–Trinajstić information content (AvgIpc) is 3.46. The molecular formula is C21H20F2N4O3. The summed E-state index contributed by atoms with van der Waals surface area (Å²) in [4.78, 5) is 26.4. The third kappa shape index (κ3) is 4.24. The van der Waals surface area contributed by atoms with Crippen LogP contribution in [0.1, 0.15) is 51.1 Å². The van der Waals surface area contributed by atoms with Gasteiger partial charge < -0.3 is 14.6 Å². The number of aromatic nitrogens is 2. The topological polar surface area (TPSA) is 91.2 Å². The zero-order valence-corrected chi connectivity index (χ0v) is 16.0. The van der Waals surface area contributed by atoms with Gasteiger partial charge in [-0.25, -0.2) is 8.78 Å². The van der Waals surface area contributed by atoms with Crippen LogP contribution in [0, 0.1) is 11.6 Å². The van der Waals surface area contributed by atoms with E-state index in [9.17, 15) is 18.4 Å². The van der Waals surface area contributed by atoms with Gasteiger partial charge in [0.2, 0.25) is 0 Å². The molecule has 156 valence electrons. The normalized spacial score (nSPS) is 14.7. The molecule has 2 amide bonds. The first-order valence-corrected chi connectivity index (χ1v) is 9.61. The Hall–Kier alpha value is -3.49. The molecule has 1 aliphatic rings. The van der Waals surface area contributed by atoms with Crippen molar-refractivity contribution in [2.45, 2.75) is 25.3 Å². The van der Waals surface area contributed by atoms with Crippen molar-refractivity contribution in [3.8, 4) is 0 Å². The molecule has 3 heterocycles. The van der Waals surface area contributed by atoms with Crippen LogP contribution in [0.2, 0.25) is 0 Å². The minimum Gasteiger partial charge on any atom is -0.467 e. The number of aromatic amines is 1. The molecule has 1 aliphatic heterocycles. The number of piperidine rings is 1. The summed E-state index contributed by atoms with van der Waals surface area (Å²) < 4.78 is 31.7. The summed E-state index contributed by atoms with van der Waals surface area (Å²) in [7, 11) is 0. The number of rotatable bonds is 5. The largest absolute Gasteiger partial charge is 0.467 e. The van der Waals surface area contributed by atoms with Gasteiger partial charge in [-0.2, -0.15) is 5.10 Å².